The van der Waals surface area contributed by atoms with Crippen molar-refractivity contribution in [3.8, 4) is 0 Å². The van der Waals surface area contributed by atoms with Crippen molar-refractivity contribution in [2.45, 2.75) is 24.5 Å². The molecule has 3 aromatic rings. The number of carbonyl (C=O) groups is 1. The van der Waals surface area contributed by atoms with E-state index in [1.165, 1.54) is 18.2 Å². The molecular weight excluding hydrogens is 440 g/mol. The minimum atomic E-state index is -4.92. The van der Waals surface area contributed by atoms with Crippen LogP contribution in [0.5, 0.6) is 0 Å². The number of hydrogen-bond donors (Lipinski definition) is 3. The van der Waals surface area contributed by atoms with Crippen molar-refractivity contribution in [3.05, 3.63) is 66.0 Å². The minimum absolute atomic E-state index is 0.358. The standard InChI is InChI=1S/C21H21F2N5O3S/c1-3-24-18-12-19(26-13(2)25-18)27-14-8-10-15(11-9-14)28-20(29)16-6-4-5-7-17(16)32(30,31)21(22)23/h4-12,21H,3H2,1-2H3,(H,28,29)(H2,24,25,26,27). The van der Waals surface area contributed by atoms with Crippen LogP contribution in [0.3, 0.4) is 0 Å². The second kappa shape index (κ2) is 9.69. The minimum Gasteiger partial charge on any atom is -0.370 e. The number of halogens is 2. The molecule has 32 heavy (non-hydrogen) atoms. The predicted octanol–water partition coefficient (Wildman–Crippen LogP) is 4.21. The lowest BCUT2D eigenvalue weighted by molar-refractivity contribution is 0.102. The number of anilines is 4. The molecule has 1 amide bonds. The fourth-order valence-electron chi connectivity index (χ4n) is 2.88. The zero-order valence-corrected chi connectivity index (χ0v) is 18.1. The predicted molar refractivity (Wildman–Crippen MR) is 118 cm³/mol. The van der Waals surface area contributed by atoms with Gasteiger partial charge in [0.1, 0.15) is 17.5 Å². The summed E-state index contributed by atoms with van der Waals surface area (Å²) in [6, 6.07) is 13.1. The van der Waals surface area contributed by atoms with Gasteiger partial charge in [0.05, 0.1) is 10.5 Å². The average molecular weight is 461 g/mol. The van der Waals surface area contributed by atoms with E-state index in [0.717, 1.165) is 6.07 Å². The molecule has 0 bridgehead atoms. The Kier molecular flexibility index (Phi) is 6.98. The van der Waals surface area contributed by atoms with Crippen molar-refractivity contribution >= 4 is 38.8 Å². The second-order valence-electron chi connectivity index (χ2n) is 6.67. The fourth-order valence-corrected chi connectivity index (χ4v) is 3.81. The van der Waals surface area contributed by atoms with Gasteiger partial charge in [0.25, 0.3) is 5.91 Å². The number of aryl methyl sites for hydroxylation is 1. The molecule has 3 rings (SSSR count). The lowest BCUT2D eigenvalue weighted by atomic mass is 10.2. The maximum atomic E-state index is 12.9. The van der Waals surface area contributed by atoms with Gasteiger partial charge in [-0.3, -0.25) is 4.79 Å². The van der Waals surface area contributed by atoms with Gasteiger partial charge in [-0.1, -0.05) is 12.1 Å². The molecule has 2 aromatic carbocycles. The maximum absolute atomic E-state index is 12.9. The highest BCUT2D eigenvalue weighted by atomic mass is 32.2. The molecule has 1 heterocycles. The summed E-state index contributed by atoms with van der Waals surface area (Å²) in [5, 5.41) is 8.77. The van der Waals surface area contributed by atoms with E-state index < -0.39 is 26.4 Å². The number of nitrogens with one attached hydrogen (secondary N) is 3. The molecule has 0 spiro atoms. The molecule has 0 radical (unpaired) electrons. The second-order valence-corrected chi connectivity index (χ2v) is 8.56. The Morgan fingerprint density at radius 3 is 2.28 bits per heavy atom. The van der Waals surface area contributed by atoms with Gasteiger partial charge in [-0.15, -0.1) is 0 Å². The van der Waals surface area contributed by atoms with Crippen molar-refractivity contribution in [3.63, 3.8) is 0 Å². The molecule has 0 fully saturated rings. The first-order valence-corrected chi connectivity index (χ1v) is 11.1. The highest BCUT2D eigenvalue weighted by Gasteiger charge is 2.30. The van der Waals surface area contributed by atoms with E-state index in [9.17, 15) is 22.0 Å². The Morgan fingerprint density at radius 1 is 1.00 bits per heavy atom. The molecule has 0 aliphatic rings. The van der Waals surface area contributed by atoms with Crippen molar-refractivity contribution < 1.29 is 22.0 Å². The van der Waals surface area contributed by atoms with E-state index in [1.807, 2.05) is 6.92 Å². The molecule has 1 aromatic heterocycles. The molecule has 0 unspecified atom stereocenters. The third-order valence-corrected chi connectivity index (χ3v) is 5.72. The molecule has 0 atom stereocenters. The van der Waals surface area contributed by atoms with Gasteiger partial charge in [-0.05, 0) is 50.2 Å². The van der Waals surface area contributed by atoms with Crippen LogP contribution in [0.1, 0.15) is 23.1 Å². The number of alkyl halides is 2. The van der Waals surface area contributed by atoms with E-state index in [4.69, 9.17) is 0 Å². The molecular formula is C21H21F2N5O3S. The van der Waals surface area contributed by atoms with Gasteiger partial charge < -0.3 is 16.0 Å². The zero-order chi connectivity index (χ0) is 23.3. The molecule has 3 N–H and O–H groups in total. The molecule has 8 nitrogen and oxygen atoms in total. The Bertz CT molecular complexity index is 1220. The maximum Gasteiger partial charge on any atom is 0.341 e. The van der Waals surface area contributed by atoms with Gasteiger partial charge >= 0.3 is 5.76 Å². The van der Waals surface area contributed by atoms with Gasteiger partial charge in [0, 0.05) is 24.0 Å². The Hall–Kier alpha value is -3.60. The number of benzene rings is 2. The summed E-state index contributed by atoms with van der Waals surface area (Å²) in [7, 11) is -4.92. The number of sulfone groups is 1. The number of hydrogen-bond acceptors (Lipinski definition) is 7. The summed E-state index contributed by atoms with van der Waals surface area (Å²) in [6.07, 6.45) is 0. The van der Waals surface area contributed by atoms with Gasteiger partial charge in [0.2, 0.25) is 9.84 Å². The van der Waals surface area contributed by atoms with Crippen LogP contribution in [0, 0.1) is 6.92 Å². The first kappa shape index (κ1) is 23.1. The summed E-state index contributed by atoms with van der Waals surface area (Å²) in [4.78, 5) is 20.4. The molecule has 168 valence electrons. The smallest absolute Gasteiger partial charge is 0.341 e. The van der Waals surface area contributed by atoms with Crippen LogP contribution in [0.4, 0.5) is 31.8 Å². The molecule has 0 saturated heterocycles. The lowest BCUT2D eigenvalue weighted by Crippen LogP contribution is -2.19. The van der Waals surface area contributed by atoms with E-state index in [2.05, 4.69) is 25.9 Å². The van der Waals surface area contributed by atoms with Crippen LogP contribution >= 0.6 is 0 Å². The normalized spacial score (nSPS) is 11.3. The third kappa shape index (κ3) is 5.35. The Labute approximate surface area is 184 Å². The topological polar surface area (TPSA) is 113 Å². The van der Waals surface area contributed by atoms with Crippen LogP contribution in [-0.2, 0) is 9.84 Å². The van der Waals surface area contributed by atoms with Gasteiger partial charge in [-0.2, -0.15) is 8.78 Å². The van der Waals surface area contributed by atoms with Crippen molar-refractivity contribution in [2.75, 3.05) is 22.5 Å². The Morgan fingerprint density at radius 2 is 1.62 bits per heavy atom. The highest BCUT2D eigenvalue weighted by molar-refractivity contribution is 7.91. The van der Waals surface area contributed by atoms with Crippen LogP contribution in [0.2, 0.25) is 0 Å². The largest absolute Gasteiger partial charge is 0.370 e. The van der Waals surface area contributed by atoms with Crippen LogP contribution < -0.4 is 16.0 Å². The molecule has 0 saturated carbocycles. The van der Waals surface area contributed by atoms with Crippen LogP contribution in [0.15, 0.2) is 59.5 Å². The van der Waals surface area contributed by atoms with Crippen molar-refractivity contribution in [2.24, 2.45) is 0 Å². The lowest BCUT2D eigenvalue weighted by Gasteiger charge is -2.12. The average Bonchev–Trinajstić information content (AvgIpc) is 2.75. The van der Waals surface area contributed by atoms with Gasteiger partial charge in [0.15, 0.2) is 0 Å². The van der Waals surface area contributed by atoms with Crippen molar-refractivity contribution in [1.29, 1.82) is 0 Å². The fraction of sp³-hybridized carbons (Fsp3) is 0.190. The van der Waals surface area contributed by atoms with E-state index in [-0.39, 0.29) is 5.56 Å². The number of nitrogens with zero attached hydrogens (tertiary/aromatic N) is 2. The zero-order valence-electron chi connectivity index (χ0n) is 17.3. The SMILES string of the molecule is CCNc1cc(Nc2ccc(NC(=O)c3ccccc3S(=O)(=O)C(F)F)cc2)nc(C)n1. The van der Waals surface area contributed by atoms with E-state index >= 15 is 0 Å². The van der Waals surface area contributed by atoms with Crippen molar-refractivity contribution in [1.82, 2.24) is 9.97 Å². The summed E-state index contributed by atoms with van der Waals surface area (Å²) < 4.78 is 49.6. The van der Waals surface area contributed by atoms with Crippen LogP contribution in [0.25, 0.3) is 0 Å². The molecule has 0 aliphatic carbocycles. The summed E-state index contributed by atoms with van der Waals surface area (Å²) in [6.45, 7) is 4.45. The summed E-state index contributed by atoms with van der Waals surface area (Å²) in [5.41, 5.74) is 0.684. The quantitative estimate of drug-likeness (QED) is 0.461. The van der Waals surface area contributed by atoms with Crippen LogP contribution in [-0.4, -0.2) is 36.6 Å². The number of rotatable bonds is 8. The Balaban J connectivity index is 1.76. The van der Waals surface area contributed by atoms with E-state index in [1.54, 1.807) is 37.3 Å². The summed E-state index contributed by atoms with van der Waals surface area (Å²) >= 11 is 0. The monoisotopic (exact) mass is 461 g/mol. The first-order valence-electron chi connectivity index (χ1n) is 9.59. The molecule has 11 heteroatoms. The number of carbonyl (C=O) groups excluding carboxylic acids is 1. The number of amides is 1. The number of aromatic nitrogens is 2. The molecule has 0 aliphatic heterocycles. The third-order valence-electron chi connectivity index (χ3n) is 4.28. The van der Waals surface area contributed by atoms with Gasteiger partial charge in [-0.25, -0.2) is 18.4 Å². The highest BCUT2D eigenvalue weighted by Crippen LogP contribution is 2.24. The summed E-state index contributed by atoms with van der Waals surface area (Å²) in [5.74, 6) is -2.58. The first-order chi connectivity index (χ1) is 15.2. The van der Waals surface area contributed by atoms with E-state index in [0.29, 0.717) is 35.4 Å².